The van der Waals surface area contributed by atoms with Crippen molar-refractivity contribution in [1.82, 2.24) is 4.90 Å². The van der Waals surface area contributed by atoms with E-state index < -0.39 is 34.9 Å². The van der Waals surface area contributed by atoms with E-state index in [2.05, 4.69) is 5.32 Å². The van der Waals surface area contributed by atoms with Gasteiger partial charge in [-0.05, 0) is 51.7 Å². The number of nitro groups is 1. The number of nitrogens with zero attached hydrogens (tertiary/aromatic N) is 2. The van der Waals surface area contributed by atoms with E-state index in [-0.39, 0.29) is 27.9 Å². The van der Waals surface area contributed by atoms with Crippen molar-refractivity contribution in [3.8, 4) is 11.5 Å². The molecular weight excluding hydrogens is 467 g/mol. The van der Waals surface area contributed by atoms with Crippen LogP contribution in [0.3, 0.4) is 0 Å². The zero-order chi connectivity index (χ0) is 24.9. The van der Waals surface area contributed by atoms with Gasteiger partial charge < -0.3 is 14.8 Å². The number of carbonyl (C=O) groups excluding carboxylic acids is 1. The number of esters is 1. The van der Waals surface area contributed by atoms with E-state index in [0.29, 0.717) is 12.6 Å². The molecule has 0 heterocycles. The molecule has 12 heteroatoms. The number of hydrogen-bond acceptors (Lipinski definition) is 7. The van der Waals surface area contributed by atoms with Crippen molar-refractivity contribution in [1.29, 1.82) is 0 Å². The standard InChI is InChI=1S/C21H23ClF3N3O5/c1-5-27(4)13(3)32-20(29)12(2)26-17-11-15(7-8-18(17)28(30)31)33-19-9-6-14(10-16(19)22)21(23,24)25/h6-13,26H,5H2,1-4H3. The highest BCUT2D eigenvalue weighted by molar-refractivity contribution is 6.32. The van der Waals surface area contributed by atoms with Crippen LogP contribution in [0.1, 0.15) is 26.3 Å². The van der Waals surface area contributed by atoms with Gasteiger partial charge in [-0.2, -0.15) is 13.2 Å². The van der Waals surface area contributed by atoms with Crippen molar-refractivity contribution < 1.29 is 32.4 Å². The van der Waals surface area contributed by atoms with Crippen LogP contribution in [0.2, 0.25) is 5.02 Å². The summed E-state index contributed by atoms with van der Waals surface area (Å²) in [5, 5.41) is 13.8. The molecule has 180 valence electrons. The molecule has 0 aromatic heterocycles. The molecule has 0 saturated heterocycles. The van der Waals surface area contributed by atoms with Gasteiger partial charge in [0.1, 0.15) is 23.2 Å². The van der Waals surface area contributed by atoms with Gasteiger partial charge in [-0.15, -0.1) is 0 Å². The quantitative estimate of drug-likeness (QED) is 0.209. The average molecular weight is 490 g/mol. The first-order chi connectivity index (χ1) is 15.3. The Labute approximate surface area is 193 Å². The second kappa shape index (κ2) is 10.7. The van der Waals surface area contributed by atoms with Gasteiger partial charge in [0.2, 0.25) is 0 Å². The van der Waals surface area contributed by atoms with Crippen LogP contribution >= 0.6 is 11.6 Å². The molecule has 0 saturated carbocycles. The number of anilines is 1. The Bertz CT molecular complexity index is 1020. The summed E-state index contributed by atoms with van der Waals surface area (Å²) in [4.78, 5) is 24.9. The molecule has 0 aliphatic heterocycles. The van der Waals surface area contributed by atoms with Crippen molar-refractivity contribution in [3.05, 3.63) is 57.1 Å². The lowest BCUT2D eigenvalue weighted by molar-refractivity contribution is -0.384. The van der Waals surface area contributed by atoms with E-state index in [1.807, 2.05) is 6.92 Å². The number of benzene rings is 2. The zero-order valence-electron chi connectivity index (χ0n) is 18.3. The minimum Gasteiger partial charge on any atom is -0.456 e. The molecule has 1 N–H and O–H groups in total. The fourth-order valence-corrected chi connectivity index (χ4v) is 2.87. The summed E-state index contributed by atoms with van der Waals surface area (Å²) in [6.07, 6.45) is -5.07. The molecule has 0 spiro atoms. The SMILES string of the molecule is CCN(C)C(C)OC(=O)C(C)Nc1cc(Oc2ccc(C(F)(F)F)cc2Cl)ccc1[N+](=O)[O-]. The predicted molar refractivity (Wildman–Crippen MR) is 117 cm³/mol. The third-order valence-corrected chi connectivity index (χ3v) is 5.08. The van der Waals surface area contributed by atoms with Crippen LogP contribution < -0.4 is 10.1 Å². The fraction of sp³-hybridized carbons (Fsp3) is 0.381. The first kappa shape index (κ1) is 26.2. The molecule has 8 nitrogen and oxygen atoms in total. The van der Waals surface area contributed by atoms with E-state index >= 15 is 0 Å². The monoisotopic (exact) mass is 489 g/mol. The Balaban J connectivity index is 2.24. The summed E-state index contributed by atoms with van der Waals surface area (Å²) >= 11 is 5.90. The maximum Gasteiger partial charge on any atom is 0.416 e. The van der Waals surface area contributed by atoms with Crippen LogP contribution in [0.4, 0.5) is 24.5 Å². The third kappa shape index (κ3) is 6.96. The molecule has 0 bridgehead atoms. The number of nitro benzene ring substituents is 1. The number of hydrogen-bond donors (Lipinski definition) is 1. The lowest BCUT2D eigenvalue weighted by atomic mass is 10.2. The summed E-state index contributed by atoms with van der Waals surface area (Å²) < 4.78 is 49.3. The van der Waals surface area contributed by atoms with Crippen molar-refractivity contribution >= 4 is 28.9 Å². The maximum atomic E-state index is 12.8. The van der Waals surface area contributed by atoms with Crippen molar-refractivity contribution in [2.75, 3.05) is 18.9 Å². The minimum atomic E-state index is -4.57. The highest BCUT2D eigenvalue weighted by Gasteiger charge is 2.31. The molecule has 0 aliphatic rings. The number of halogens is 4. The molecule has 0 aliphatic carbocycles. The Morgan fingerprint density at radius 1 is 1.24 bits per heavy atom. The smallest absolute Gasteiger partial charge is 0.416 e. The molecular formula is C21H23ClF3N3O5. The Hall–Kier alpha value is -3.05. The van der Waals surface area contributed by atoms with Crippen LogP contribution in [0.15, 0.2) is 36.4 Å². The van der Waals surface area contributed by atoms with E-state index in [0.717, 1.165) is 18.2 Å². The second-order valence-corrected chi connectivity index (χ2v) is 7.56. The second-order valence-electron chi connectivity index (χ2n) is 7.16. The van der Waals surface area contributed by atoms with Crippen LogP contribution in [-0.2, 0) is 15.7 Å². The van der Waals surface area contributed by atoms with Crippen molar-refractivity contribution in [2.24, 2.45) is 0 Å². The number of rotatable bonds is 9. The molecule has 33 heavy (non-hydrogen) atoms. The Morgan fingerprint density at radius 3 is 2.45 bits per heavy atom. The normalized spacial score (nSPS) is 13.4. The molecule has 0 fully saturated rings. The summed E-state index contributed by atoms with van der Waals surface area (Å²) in [6, 6.07) is 5.27. The number of ether oxygens (including phenoxy) is 2. The van der Waals surface area contributed by atoms with Gasteiger partial charge in [-0.1, -0.05) is 18.5 Å². The lowest BCUT2D eigenvalue weighted by Crippen LogP contribution is -2.38. The van der Waals surface area contributed by atoms with Crippen LogP contribution in [0.25, 0.3) is 0 Å². The zero-order valence-corrected chi connectivity index (χ0v) is 19.0. The van der Waals surface area contributed by atoms with Crippen LogP contribution in [-0.4, -0.2) is 41.7 Å². The molecule has 2 aromatic carbocycles. The summed E-state index contributed by atoms with van der Waals surface area (Å²) in [5.41, 5.74) is -1.32. The molecule has 0 radical (unpaired) electrons. The largest absolute Gasteiger partial charge is 0.456 e. The Kier molecular flexibility index (Phi) is 8.51. The first-order valence-corrected chi connectivity index (χ1v) is 10.2. The average Bonchev–Trinajstić information content (AvgIpc) is 2.73. The van der Waals surface area contributed by atoms with E-state index in [4.69, 9.17) is 21.1 Å². The minimum absolute atomic E-state index is 0.0403. The molecule has 2 atom stereocenters. The fourth-order valence-electron chi connectivity index (χ4n) is 2.65. The van der Waals surface area contributed by atoms with E-state index in [1.165, 1.54) is 19.1 Å². The van der Waals surface area contributed by atoms with Crippen molar-refractivity contribution in [2.45, 2.75) is 39.2 Å². The van der Waals surface area contributed by atoms with Gasteiger partial charge in [-0.25, -0.2) is 4.79 Å². The number of carbonyl (C=O) groups is 1. The molecule has 2 rings (SSSR count). The topological polar surface area (TPSA) is 93.9 Å². The summed E-state index contributed by atoms with van der Waals surface area (Å²) in [7, 11) is 1.77. The van der Waals surface area contributed by atoms with Gasteiger partial charge in [-0.3, -0.25) is 15.0 Å². The van der Waals surface area contributed by atoms with Gasteiger partial charge in [0.25, 0.3) is 5.69 Å². The lowest BCUT2D eigenvalue weighted by Gasteiger charge is -2.25. The van der Waals surface area contributed by atoms with Crippen LogP contribution in [0.5, 0.6) is 11.5 Å². The molecule has 0 amide bonds. The van der Waals surface area contributed by atoms with Gasteiger partial charge in [0.05, 0.1) is 15.5 Å². The summed E-state index contributed by atoms with van der Waals surface area (Å²) in [6.45, 7) is 5.71. The maximum absolute atomic E-state index is 12.8. The highest BCUT2D eigenvalue weighted by Crippen LogP contribution is 2.38. The Morgan fingerprint density at radius 2 is 1.91 bits per heavy atom. The van der Waals surface area contributed by atoms with Gasteiger partial charge >= 0.3 is 12.1 Å². The predicted octanol–water partition coefficient (Wildman–Crippen LogP) is 5.70. The van der Waals surface area contributed by atoms with Crippen molar-refractivity contribution in [3.63, 3.8) is 0 Å². The van der Waals surface area contributed by atoms with E-state index in [9.17, 15) is 28.1 Å². The van der Waals surface area contributed by atoms with Crippen LogP contribution in [0, 0.1) is 10.1 Å². The van der Waals surface area contributed by atoms with E-state index in [1.54, 1.807) is 18.9 Å². The molecule has 2 aromatic rings. The van der Waals surface area contributed by atoms with Gasteiger partial charge in [0.15, 0.2) is 6.23 Å². The number of alkyl halides is 3. The third-order valence-electron chi connectivity index (χ3n) is 4.78. The molecule has 2 unspecified atom stereocenters. The summed E-state index contributed by atoms with van der Waals surface area (Å²) in [5.74, 6) is -0.646. The number of nitrogens with one attached hydrogen (secondary N) is 1. The highest BCUT2D eigenvalue weighted by atomic mass is 35.5. The first-order valence-electron chi connectivity index (χ1n) is 9.83. The van der Waals surface area contributed by atoms with Gasteiger partial charge in [0, 0.05) is 12.1 Å².